The van der Waals surface area contributed by atoms with Gasteiger partial charge in [-0.3, -0.25) is 14.9 Å². The molecule has 0 fully saturated rings. The smallest absolute Gasteiger partial charge is 0.318 e. The van der Waals surface area contributed by atoms with E-state index in [1.165, 1.54) is 4.90 Å². The Morgan fingerprint density at radius 1 is 1.20 bits per heavy atom. The second kappa shape index (κ2) is 7.13. The summed E-state index contributed by atoms with van der Waals surface area (Å²) in [6, 6.07) is 6.27. The summed E-state index contributed by atoms with van der Waals surface area (Å²) in [5, 5.41) is 4.83. The van der Waals surface area contributed by atoms with Gasteiger partial charge in [0.25, 0.3) is 0 Å². The van der Waals surface area contributed by atoms with Crippen LogP contribution >= 0.6 is 0 Å². The minimum atomic E-state index is -0.895. The van der Waals surface area contributed by atoms with Crippen molar-refractivity contribution < 1.29 is 14.4 Å². The first-order valence-electron chi connectivity index (χ1n) is 6.01. The van der Waals surface area contributed by atoms with Crippen LogP contribution < -0.4 is 16.4 Å². The summed E-state index contributed by atoms with van der Waals surface area (Å²) in [7, 11) is 3.36. The van der Waals surface area contributed by atoms with Crippen molar-refractivity contribution in [1.82, 2.24) is 10.2 Å². The summed E-state index contributed by atoms with van der Waals surface area (Å²) in [5.74, 6) is -0.577. The molecule has 4 N–H and O–H groups in total. The van der Waals surface area contributed by atoms with Crippen molar-refractivity contribution in [2.24, 2.45) is 5.73 Å². The predicted octanol–water partition coefficient (Wildman–Crippen LogP) is -0.0759. The monoisotopic (exact) mass is 278 g/mol. The molecule has 0 bridgehead atoms. The van der Waals surface area contributed by atoms with Crippen LogP contribution in [-0.2, 0) is 16.0 Å². The van der Waals surface area contributed by atoms with Gasteiger partial charge in [0.2, 0.25) is 11.8 Å². The minimum Gasteiger partial charge on any atom is -0.376 e. The summed E-state index contributed by atoms with van der Waals surface area (Å²) in [4.78, 5) is 35.0. The third-order valence-electron chi connectivity index (χ3n) is 2.56. The normalized spacial score (nSPS) is 9.70. The van der Waals surface area contributed by atoms with Crippen LogP contribution in [0.1, 0.15) is 5.56 Å². The van der Waals surface area contributed by atoms with E-state index >= 15 is 0 Å². The van der Waals surface area contributed by atoms with Gasteiger partial charge in [-0.2, -0.15) is 0 Å². The van der Waals surface area contributed by atoms with Crippen LogP contribution in [-0.4, -0.2) is 43.4 Å². The Kier molecular flexibility index (Phi) is 5.52. The SMILES string of the molecule is CN(C)C(=O)Cc1ccccc1NCC(=O)NC(N)=O. The van der Waals surface area contributed by atoms with Gasteiger partial charge in [0, 0.05) is 19.8 Å². The van der Waals surface area contributed by atoms with Gasteiger partial charge >= 0.3 is 6.03 Å². The van der Waals surface area contributed by atoms with Crippen LogP contribution in [0.5, 0.6) is 0 Å². The standard InChI is InChI=1S/C13H18N4O3/c1-17(2)12(19)7-9-5-3-4-6-10(9)15-8-11(18)16-13(14)20/h3-6,15H,7-8H2,1-2H3,(H3,14,16,18,20). The summed E-state index contributed by atoms with van der Waals surface area (Å²) < 4.78 is 0. The van der Waals surface area contributed by atoms with E-state index in [-0.39, 0.29) is 18.9 Å². The van der Waals surface area contributed by atoms with Crippen molar-refractivity contribution in [3.63, 3.8) is 0 Å². The molecule has 0 aliphatic heterocycles. The van der Waals surface area contributed by atoms with Crippen molar-refractivity contribution in [3.8, 4) is 0 Å². The van der Waals surface area contributed by atoms with E-state index in [9.17, 15) is 14.4 Å². The van der Waals surface area contributed by atoms with Crippen LogP contribution in [0.2, 0.25) is 0 Å². The number of benzene rings is 1. The molecular weight excluding hydrogens is 260 g/mol. The lowest BCUT2D eigenvalue weighted by Gasteiger charge is -2.14. The zero-order chi connectivity index (χ0) is 15.1. The van der Waals surface area contributed by atoms with Crippen LogP contribution in [0.25, 0.3) is 0 Å². The molecular formula is C13H18N4O3. The first-order valence-corrected chi connectivity index (χ1v) is 6.01. The lowest BCUT2D eigenvalue weighted by molar-refractivity contribution is -0.128. The number of nitrogens with zero attached hydrogens (tertiary/aromatic N) is 1. The van der Waals surface area contributed by atoms with Crippen molar-refractivity contribution in [2.45, 2.75) is 6.42 Å². The fourth-order valence-electron chi connectivity index (χ4n) is 1.53. The molecule has 108 valence electrons. The molecule has 1 aromatic carbocycles. The van der Waals surface area contributed by atoms with Gasteiger partial charge in [0.15, 0.2) is 0 Å². The second-order valence-electron chi connectivity index (χ2n) is 4.39. The number of amides is 4. The minimum absolute atomic E-state index is 0.0409. The Bertz CT molecular complexity index is 514. The zero-order valence-electron chi connectivity index (χ0n) is 11.5. The number of imide groups is 1. The third kappa shape index (κ3) is 4.97. The molecule has 0 aliphatic rings. The Balaban J connectivity index is 2.68. The largest absolute Gasteiger partial charge is 0.376 e. The second-order valence-corrected chi connectivity index (χ2v) is 4.39. The highest BCUT2D eigenvalue weighted by Crippen LogP contribution is 2.15. The third-order valence-corrected chi connectivity index (χ3v) is 2.56. The topological polar surface area (TPSA) is 105 Å². The molecule has 4 amide bonds. The van der Waals surface area contributed by atoms with Gasteiger partial charge in [-0.25, -0.2) is 4.79 Å². The van der Waals surface area contributed by atoms with E-state index in [1.807, 2.05) is 11.4 Å². The van der Waals surface area contributed by atoms with Gasteiger partial charge in [-0.1, -0.05) is 18.2 Å². The Hall–Kier alpha value is -2.57. The molecule has 0 aromatic heterocycles. The molecule has 0 radical (unpaired) electrons. The maximum absolute atomic E-state index is 11.7. The van der Waals surface area contributed by atoms with Gasteiger partial charge in [0.05, 0.1) is 13.0 Å². The number of primary amides is 1. The molecule has 0 saturated heterocycles. The molecule has 1 rings (SSSR count). The summed E-state index contributed by atoms with van der Waals surface area (Å²) >= 11 is 0. The molecule has 0 saturated carbocycles. The highest BCUT2D eigenvalue weighted by atomic mass is 16.2. The van der Waals surface area contributed by atoms with Crippen molar-refractivity contribution in [1.29, 1.82) is 0 Å². The highest BCUT2D eigenvalue weighted by Gasteiger charge is 2.10. The van der Waals surface area contributed by atoms with E-state index < -0.39 is 11.9 Å². The zero-order valence-corrected chi connectivity index (χ0v) is 11.5. The number of urea groups is 1. The van der Waals surface area contributed by atoms with Crippen molar-refractivity contribution >= 4 is 23.5 Å². The first-order chi connectivity index (χ1) is 9.40. The number of para-hydroxylation sites is 1. The molecule has 1 aromatic rings. The van der Waals surface area contributed by atoms with Gasteiger partial charge < -0.3 is 16.0 Å². The van der Waals surface area contributed by atoms with Crippen LogP contribution in [0.3, 0.4) is 0 Å². The molecule has 0 spiro atoms. The summed E-state index contributed by atoms with van der Waals surface area (Å²) in [5.41, 5.74) is 6.29. The molecule has 0 aliphatic carbocycles. The predicted molar refractivity (Wildman–Crippen MR) is 75.1 cm³/mol. The summed E-state index contributed by atoms with van der Waals surface area (Å²) in [6.07, 6.45) is 0.230. The number of hydrogen-bond donors (Lipinski definition) is 3. The molecule has 7 nitrogen and oxygen atoms in total. The Labute approximate surface area is 117 Å². The van der Waals surface area contributed by atoms with Gasteiger partial charge in [0.1, 0.15) is 0 Å². The molecule has 0 unspecified atom stereocenters. The average Bonchev–Trinajstić information content (AvgIpc) is 2.36. The number of carbonyl (C=O) groups excluding carboxylic acids is 3. The van der Waals surface area contributed by atoms with E-state index in [1.54, 1.807) is 32.3 Å². The molecule has 20 heavy (non-hydrogen) atoms. The van der Waals surface area contributed by atoms with Gasteiger partial charge in [-0.05, 0) is 11.6 Å². The van der Waals surface area contributed by atoms with Crippen LogP contribution in [0.4, 0.5) is 10.5 Å². The van der Waals surface area contributed by atoms with E-state index in [0.717, 1.165) is 5.56 Å². The van der Waals surface area contributed by atoms with E-state index in [2.05, 4.69) is 5.32 Å². The number of carbonyl (C=O) groups is 3. The first kappa shape index (κ1) is 15.5. The quantitative estimate of drug-likeness (QED) is 0.701. The van der Waals surface area contributed by atoms with Crippen LogP contribution in [0.15, 0.2) is 24.3 Å². The highest BCUT2D eigenvalue weighted by molar-refractivity contribution is 5.95. The summed E-state index contributed by atoms with van der Waals surface area (Å²) in [6.45, 7) is -0.101. The number of nitrogens with one attached hydrogen (secondary N) is 2. The fourth-order valence-corrected chi connectivity index (χ4v) is 1.53. The van der Waals surface area contributed by atoms with Gasteiger partial charge in [-0.15, -0.1) is 0 Å². The Morgan fingerprint density at radius 2 is 1.85 bits per heavy atom. The maximum Gasteiger partial charge on any atom is 0.318 e. The number of hydrogen-bond acceptors (Lipinski definition) is 4. The van der Waals surface area contributed by atoms with Crippen LogP contribution in [0, 0.1) is 0 Å². The molecule has 7 heteroatoms. The van der Waals surface area contributed by atoms with Crippen molar-refractivity contribution in [2.75, 3.05) is 26.0 Å². The average molecular weight is 278 g/mol. The molecule has 0 heterocycles. The number of nitrogens with two attached hydrogens (primary N) is 1. The lowest BCUT2D eigenvalue weighted by Crippen LogP contribution is -2.38. The maximum atomic E-state index is 11.7. The number of likely N-dealkylation sites (N-methyl/N-ethyl adjacent to an activating group) is 1. The number of rotatable bonds is 5. The van der Waals surface area contributed by atoms with Crippen molar-refractivity contribution in [3.05, 3.63) is 29.8 Å². The van der Waals surface area contributed by atoms with E-state index in [0.29, 0.717) is 5.69 Å². The van der Waals surface area contributed by atoms with E-state index in [4.69, 9.17) is 5.73 Å². The number of anilines is 1. The fraction of sp³-hybridized carbons (Fsp3) is 0.308. The lowest BCUT2D eigenvalue weighted by atomic mass is 10.1. The Morgan fingerprint density at radius 3 is 2.45 bits per heavy atom. The molecule has 0 atom stereocenters.